The van der Waals surface area contributed by atoms with Gasteiger partial charge in [0.05, 0.1) is 0 Å². The molecule has 0 rings (SSSR count). The maximum atomic E-state index is 10.4. The highest BCUT2D eigenvalue weighted by molar-refractivity contribution is 5.91. The van der Waals surface area contributed by atoms with Crippen LogP contribution in [-0.2, 0) is 4.79 Å². The number of amides is 1. The van der Waals surface area contributed by atoms with Crippen molar-refractivity contribution in [3.05, 3.63) is 11.8 Å². The van der Waals surface area contributed by atoms with Gasteiger partial charge in [0.25, 0.3) is 0 Å². The molecule has 0 heterocycles. The van der Waals surface area contributed by atoms with Crippen LogP contribution in [0.4, 0.5) is 0 Å². The molecule has 0 spiro atoms. The molecule has 0 atom stereocenters. The maximum absolute atomic E-state index is 10.4. The molecule has 0 unspecified atom stereocenters. The van der Waals surface area contributed by atoms with E-state index in [0.29, 0.717) is 12.0 Å². The summed E-state index contributed by atoms with van der Waals surface area (Å²) in [5.41, 5.74) is 10.6. The van der Waals surface area contributed by atoms with E-state index in [1.165, 1.54) is 6.20 Å². The normalized spacial score (nSPS) is 10.3. The third-order valence-corrected chi connectivity index (χ3v) is 1.04. The number of primary amides is 1. The fourth-order valence-corrected chi connectivity index (χ4v) is 0.558. The molecule has 0 aliphatic rings. The fraction of sp³-hybridized carbons (Fsp3) is 0.500. The van der Waals surface area contributed by atoms with Crippen LogP contribution in [0.5, 0.6) is 0 Å². The van der Waals surface area contributed by atoms with Crippen LogP contribution >= 0.6 is 12.4 Å². The van der Waals surface area contributed by atoms with Gasteiger partial charge in [0, 0.05) is 11.8 Å². The molecule has 3 nitrogen and oxygen atoms in total. The van der Waals surface area contributed by atoms with E-state index in [9.17, 15) is 4.79 Å². The first-order valence-electron chi connectivity index (χ1n) is 2.93. The van der Waals surface area contributed by atoms with Gasteiger partial charge in [-0.2, -0.15) is 0 Å². The average molecular weight is 165 g/mol. The summed E-state index contributed by atoms with van der Waals surface area (Å²) >= 11 is 0. The molecule has 0 radical (unpaired) electrons. The van der Waals surface area contributed by atoms with Crippen molar-refractivity contribution in [1.82, 2.24) is 0 Å². The van der Waals surface area contributed by atoms with Crippen molar-refractivity contribution < 1.29 is 4.79 Å². The molecule has 0 saturated heterocycles. The first kappa shape index (κ1) is 12.0. The average Bonchev–Trinajstić information content (AvgIpc) is 1.82. The smallest absolute Gasteiger partial charge is 0.246 e. The van der Waals surface area contributed by atoms with Crippen LogP contribution in [0.15, 0.2) is 11.8 Å². The zero-order chi connectivity index (χ0) is 7.28. The lowest BCUT2D eigenvalue weighted by molar-refractivity contribution is -0.114. The molecule has 0 saturated carbocycles. The van der Waals surface area contributed by atoms with E-state index < -0.39 is 5.91 Å². The van der Waals surface area contributed by atoms with Crippen LogP contribution in [0.1, 0.15) is 19.8 Å². The van der Waals surface area contributed by atoms with Crippen molar-refractivity contribution in [2.75, 3.05) is 0 Å². The van der Waals surface area contributed by atoms with Gasteiger partial charge >= 0.3 is 0 Å². The Hall–Kier alpha value is -0.700. The molecule has 0 fully saturated rings. The Kier molecular flexibility index (Phi) is 7.72. The van der Waals surface area contributed by atoms with Crippen molar-refractivity contribution in [3.8, 4) is 0 Å². The summed E-state index contributed by atoms with van der Waals surface area (Å²) in [6, 6.07) is 0. The second-order valence-electron chi connectivity index (χ2n) is 1.81. The number of rotatable bonds is 3. The monoisotopic (exact) mass is 164 g/mol. The first-order chi connectivity index (χ1) is 4.22. The van der Waals surface area contributed by atoms with Crippen molar-refractivity contribution in [2.45, 2.75) is 19.8 Å². The lowest BCUT2D eigenvalue weighted by atomic mass is 10.1. The number of hydrogen-bond acceptors (Lipinski definition) is 2. The van der Waals surface area contributed by atoms with E-state index in [-0.39, 0.29) is 12.4 Å². The lowest BCUT2D eigenvalue weighted by Crippen LogP contribution is -2.14. The highest BCUT2D eigenvalue weighted by atomic mass is 35.5. The van der Waals surface area contributed by atoms with E-state index in [1.807, 2.05) is 6.92 Å². The minimum atomic E-state index is -0.417. The molecule has 0 aliphatic heterocycles. The fourth-order valence-electron chi connectivity index (χ4n) is 0.558. The predicted octanol–water partition coefficient (Wildman–Crippen LogP) is 0.536. The predicted molar refractivity (Wildman–Crippen MR) is 43.6 cm³/mol. The van der Waals surface area contributed by atoms with E-state index in [1.54, 1.807) is 0 Å². The lowest BCUT2D eigenvalue weighted by Gasteiger charge is -1.96. The number of hydrogen-bond donors (Lipinski definition) is 2. The Balaban J connectivity index is 0. The van der Waals surface area contributed by atoms with Crippen molar-refractivity contribution in [2.24, 2.45) is 11.5 Å². The summed E-state index contributed by atoms with van der Waals surface area (Å²) in [6.07, 6.45) is 2.84. The van der Waals surface area contributed by atoms with Crippen LogP contribution in [0.2, 0.25) is 0 Å². The summed E-state index contributed by atoms with van der Waals surface area (Å²) < 4.78 is 0. The Morgan fingerprint density at radius 2 is 2.10 bits per heavy atom. The summed E-state index contributed by atoms with van der Waals surface area (Å²) in [5, 5.41) is 0. The van der Waals surface area contributed by atoms with Gasteiger partial charge in [-0.25, -0.2) is 0 Å². The zero-order valence-electron chi connectivity index (χ0n) is 5.96. The van der Waals surface area contributed by atoms with E-state index in [2.05, 4.69) is 0 Å². The van der Waals surface area contributed by atoms with Crippen molar-refractivity contribution in [3.63, 3.8) is 0 Å². The molecule has 0 aromatic carbocycles. The summed E-state index contributed by atoms with van der Waals surface area (Å²) in [4.78, 5) is 10.4. The topological polar surface area (TPSA) is 69.1 Å². The van der Waals surface area contributed by atoms with Gasteiger partial charge in [0.15, 0.2) is 0 Å². The minimum Gasteiger partial charge on any atom is -0.404 e. The van der Waals surface area contributed by atoms with Gasteiger partial charge in [0.2, 0.25) is 5.91 Å². The minimum absolute atomic E-state index is 0. The maximum Gasteiger partial charge on any atom is 0.246 e. The Morgan fingerprint density at radius 1 is 1.60 bits per heavy atom. The SMILES string of the molecule is CCCC(=CN)C(N)=O.Cl. The Morgan fingerprint density at radius 3 is 2.20 bits per heavy atom. The third kappa shape index (κ3) is 4.21. The summed E-state index contributed by atoms with van der Waals surface area (Å²) in [6.45, 7) is 1.96. The summed E-state index contributed by atoms with van der Waals surface area (Å²) in [5.74, 6) is -0.417. The molecule has 0 aromatic heterocycles. The quantitative estimate of drug-likeness (QED) is 0.598. The molecule has 0 aliphatic carbocycles. The van der Waals surface area contributed by atoms with Crippen LogP contribution in [-0.4, -0.2) is 5.91 Å². The number of carbonyl (C=O) groups is 1. The molecule has 0 aromatic rings. The van der Waals surface area contributed by atoms with Gasteiger partial charge in [-0.15, -0.1) is 12.4 Å². The van der Waals surface area contributed by atoms with Gasteiger partial charge in [0.1, 0.15) is 0 Å². The van der Waals surface area contributed by atoms with Crippen LogP contribution in [0, 0.1) is 0 Å². The van der Waals surface area contributed by atoms with Crippen LogP contribution in [0.3, 0.4) is 0 Å². The molecule has 0 bridgehead atoms. The van der Waals surface area contributed by atoms with Gasteiger partial charge in [-0.05, 0) is 6.42 Å². The molecule has 10 heavy (non-hydrogen) atoms. The number of carbonyl (C=O) groups excluding carboxylic acids is 1. The van der Waals surface area contributed by atoms with E-state index >= 15 is 0 Å². The van der Waals surface area contributed by atoms with Gasteiger partial charge in [-0.3, -0.25) is 4.79 Å². The number of nitrogens with two attached hydrogens (primary N) is 2. The van der Waals surface area contributed by atoms with Crippen LogP contribution in [0.25, 0.3) is 0 Å². The van der Waals surface area contributed by atoms with Gasteiger partial charge in [-0.1, -0.05) is 13.3 Å². The molecular formula is C6H13ClN2O. The Labute approximate surface area is 66.9 Å². The first-order valence-corrected chi connectivity index (χ1v) is 2.93. The molecular weight excluding hydrogens is 152 g/mol. The van der Waals surface area contributed by atoms with Crippen molar-refractivity contribution >= 4 is 18.3 Å². The third-order valence-electron chi connectivity index (χ3n) is 1.04. The largest absolute Gasteiger partial charge is 0.404 e. The Bertz CT molecular complexity index is 134. The summed E-state index contributed by atoms with van der Waals surface area (Å²) in [7, 11) is 0. The van der Waals surface area contributed by atoms with Gasteiger partial charge < -0.3 is 11.5 Å². The molecule has 1 amide bonds. The van der Waals surface area contributed by atoms with E-state index in [4.69, 9.17) is 11.5 Å². The van der Waals surface area contributed by atoms with Crippen LogP contribution < -0.4 is 11.5 Å². The standard InChI is InChI=1S/C6H12N2O.ClH/c1-2-3-5(4-7)6(8)9;/h4H,2-3,7H2,1H3,(H2,8,9);1H. The molecule has 60 valence electrons. The second-order valence-corrected chi connectivity index (χ2v) is 1.81. The highest BCUT2D eigenvalue weighted by Gasteiger charge is 1.99. The highest BCUT2D eigenvalue weighted by Crippen LogP contribution is 2.00. The van der Waals surface area contributed by atoms with Crippen molar-refractivity contribution in [1.29, 1.82) is 0 Å². The molecule has 4 heteroatoms. The molecule has 4 N–H and O–H groups in total. The zero-order valence-corrected chi connectivity index (χ0v) is 6.78. The second kappa shape index (κ2) is 6.42. The number of halogens is 1. The van der Waals surface area contributed by atoms with E-state index in [0.717, 1.165) is 6.42 Å².